The van der Waals surface area contributed by atoms with E-state index in [1.165, 1.54) is 0 Å². The third-order valence-electron chi connectivity index (χ3n) is 5.92. The van der Waals surface area contributed by atoms with Crippen molar-refractivity contribution in [3.63, 3.8) is 0 Å². The minimum atomic E-state index is -1.11. The van der Waals surface area contributed by atoms with Gasteiger partial charge in [0.2, 0.25) is 0 Å². The second kappa shape index (κ2) is 9.30. The lowest BCUT2D eigenvalue weighted by Crippen LogP contribution is -2.27. The highest BCUT2D eigenvalue weighted by Crippen LogP contribution is 2.34. The molecule has 1 aromatic heterocycles. The van der Waals surface area contributed by atoms with Crippen molar-refractivity contribution in [1.82, 2.24) is 5.16 Å². The molecule has 2 aliphatic rings. The number of nitrogens with zero attached hydrogens (tertiary/aromatic N) is 2. The molecule has 1 unspecified atom stereocenters. The lowest BCUT2D eigenvalue weighted by molar-refractivity contribution is -0.135. The van der Waals surface area contributed by atoms with Gasteiger partial charge in [0.25, 0.3) is 0 Å². The van der Waals surface area contributed by atoms with Gasteiger partial charge < -0.3 is 14.7 Å². The van der Waals surface area contributed by atoms with E-state index >= 15 is 0 Å². The second-order valence-electron chi connectivity index (χ2n) is 8.12. The average molecular weight is 436 g/mol. The summed E-state index contributed by atoms with van der Waals surface area (Å²) in [6, 6.07) is 9.50. The maximum absolute atomic E-state index is 13.0. The van der Waals surface area contributed by atoms with E-state index in [2.05, 4.69) is 10.1 Å². The summed E-state index contributed by atoms with van der Waals surface area (Å²) >= 11 is 0. The van der Waals surface area contributed by atoms with Crippen molar-refractivity contribution >= 4 is 23.2 Å². The Morgan fingerprint density at radius 3 is 2.62 bits per heavy atom. The van der Waals surface area contributed by atoms with E-state index in [4.69, 9.17) is 9.63 Å². The van der Waals surface area contributed by atoms with Gasteiger partial charge in [-0.25, -0.2) is 0 Å². The van der Waals surface area contributed by atoms with E-state index in [0.29, 0.717) is 42.0 Å². The number of aryl methyl sites for hydroxylation is 2. The van der Waals surface area contributed by atoms with Gasteiger partial charge in [0.1, 0.15) is 18.1 Å². The number of hydrogen-bond donors (Lipinski definition) is 2. The Kier molecular flexibility index (Phi) is 6.30. The van der Waals surface area contributed by atoms with Gasteiger partial charge in [-0.3, -0.25) is 19.4 Å². The highest BCUT2D eigenvalue weighted by Gasteiger charge is 2.33. The number of fused-ring (bicyclic) bond motifs is 1. The molecule has 1 saturated carbocycles. The van der Waals surface area contributed by atoms with Crippen molar-refractivity contribution in [1.29, 1.82) is 0 Å². The number of rotatable bonds is 6. The van der Waals surface area contributed by atoms with Gasteiger partial charge in [-0.2, -0.15) is 0 Å². The largest absolute Gasteiger partial charge is 0.511 e. The van der Waals surface area contributed by atoms with Crippen LogP contribution in [0.5, 0.6) is 0 Å². The molecule has 1 heterocycles. The minimum Gasteiger partial charge on any atom is -0.511 e. The molecule has 0 aliphatic heterocycles. The van der Waals surface area contributed by atoms with Crippen LogP contribution in [-0.2, 0) is 22.4 Å². The van der Waals surface area contributed by atoms with Crippen LogP contribution in [0.3, 0.4) is 0 Å². The summed E-state index contributed by atoms with van der Waals surface area (Å²) in [5, 5.41) is 23.8. The molecule has 2 aromatic rings. The lowest BCUT2D eigenvalue weighted by atomic mass is 9.78. The number of aliphatic imine (C=N–C) groups is 1. The molecule has 2 N–H and O–H groups in total. The zero-order chi connectivity index (χ0) is 22.7. The quantitative estimate of drug-likeness (QED) is 0.522. The summed E-state index contributed by atoms with van der Waals surface area (Å²) in [5.41, 5.74) is 2.32. The number of ketones is 2. The van der Waals surface area contributed by atoms with Gasteiger partial charge in [-0.15, -0.1) is 0 Å². The van der Waals surface area contributed by atoms with Crippen LogP contribution in [0, 0.1) is 0 Å². The third kappa shape index (κ3) is 4.54. The number of allylic oxidation sites excluding steroid dienone is 2. The van der Waals surface area contributed by atoms with Crippen molar-refractivity contribution in [2.24, 2.45) is 4.99 Å². The highest BCUT2D eigenvalue weighted by atomic mass is 16.5. The number of hydrogen-bond acceptors (Lipinski definition) is 7. The van der Waals surface area contributed by atoms with Gasteiger partial charge in [-0.1, -0.05) is 35.5 Å². The monoisotopic (exact) mass is 436 g/mol. The van der Waals surface area contributed by atoms with Crippen molar-refractivity contribution in [2.45, 2.75) is 50.9 Å². The molecular weight excluding hydrogens is 412 g/mol. The molecule has 0 saturated heterocycles. The fraction of sp³-hybridized carbons (Fsp3) is 0.375. The van der Waals surface area contributed by atoms with Crippen molar-refractivity contribution < 1.29 is 29.1 Å². The number of carboxylic acids is 1. The topological polar surface area (TPSA) is 130 Å². The number of carbonyl (C=O) groups is 3. The number of carboxylic acid groups (broad SMARTS) is 1. The van der Waals surface area contributed by atoms with Crippen molar-refractivity contribution in [3.8, 4) is 0 Å². The Morgan fingerprint density at radius 2 is 1.88 bits per heavy atom. The van der Waals surface area contributed by atoms with Crippen LogP contribution in [-0.4, -0.2) is 45.2 Å². The van der Waals surface area contributed by atoms with E-state index in [9.17, 15) is 19.5 Å². The van der Waals surface area contributed by atoms with Gasteiger partial charge in [0.05, 0.1) is 22.5 Å². The molecule has 0 spiro atoms. The van der Waals surface area contributed by atoms with E-state index in [1.807, 2.05) is 30.3 Å². The fourth-order valence-corrected chi connectivity index (χ4v) is 4.41. The average Bonchev–Trinajstić information content (AvgIpc) is 3.20. The first kappa shape index (κ1) is 21.7. The van der Waals surface area contributed by atoms with Crippen LogP contribution in [0.4, 0.5) is 0 Å². The molecule has 0 radical (unpaired) electrons. The predicted octanol–water partition coefficient (Wildman–Crippen LogP) is 3.61. The van der Waals surface area contributed by atoms with Crippen LogP contribution in [0.1, 0.15) is 65.4 Å². The maximum Gasteiger partial charge on any atom is 0.325 e. The number of aliphatic hydroxyl groups is 1. The first-order chi connectivity index (χ1) is 15.4. The number of benzene rings is 1. The van der Waals surface area contributed by atoms with E-state index < -0.39 is 12.5 Å². The first-order valence-corrected chi connectivity index (χ1v) is 10.7. The number of aromatic nitrogens is 1. The molecule has 0 bridgehead atoms. The molecule has 166 valence electrons. The molecule has 32 heavy (non-hydrogen) atoms. The lowest BCUT2D eigenvalue weighted by Gasteiger charge is -2.26. The van der Waals surface area contributed by atoms with Gasteiger partial charge in [0, 0.05) is 32.1 Å². The first-order valence-electron chi connectivity index (χ1n) is 10.7. The second-order valence-corrected chi connectivity index (χ2v) is 8.12. The van der Waals surface area contributed by atoms with E-state index in [1.54, 1.807) is 0 Å². The smallest absolute Gasteiger partial charge is 0.325 e. The molecular formula is C24H24N2O6. The number of aliphatic carboxylic acids is 1. The standard InChI is InChI=1S/C24H24N2O6/c27-18-7-4-8-21-24(18)16(26-32-21)9-10-19(28)23-17(25-13-22(30)31)11-15(12-20(23)29)14-5-2-1-3-6-14/h1-3,5-6,15,28H,4,7-13H2,(H,30,31)/b23-19+,25-17?. The van der Waals surface area contributed by atoms with E-state index in [-0.39, 0.29) is 48.1 Å². The van der Waals surface area contributed by atoms with Crippen LogP contribution in [0.25, 0.3) is 0 Å². The maximum atomic E-state index is 13.0. The van der Waals surface area contributed by atoms with Crippen LogP contribution < -0.4 is 0 Å². The summed E-state index contributed by atoms with van der Waals surface area (Å²) < 4.78 is 5.28. The third-order valence-corrected chi connectivity index (χ3v) is 5.92. The predicted molar refractivity (Wildman–Crippen MR) is 115 cm³/mol. The molecule has 4 rings (SSSR count). The number of aliphatic hydroxyl groups excluding tert-OH is 1. The Balaban J connectivity index is 1.59. The molecule has 1 aromatic carbocycles. The summed E-state index contributed by atoms with van der Waals surface area (Å²) in [6.07, 6.45) is 2.72. The molecule has 8 nitrogen and oxygen atoms in total. The molecule has 0 amide bonds. The van der Waals surface area contributed by atoms with Crippen molar-refractivity contribution in [3.05, 3.63) is 64.2 Å². The number of Topliss-reactive ketones (excluding diaryl/α,β-unsaturated/α-hetero) is 2. The Labute approximate surface area is 184 Å². The highest BCUT2D eigenvalue weighted by molar-refractivity contribution is 6.25. The minimum absolute atomic E-state index is 0.0159. The van der Waals surface area contributed by atoms with Crippen LogP contribution in [0.15, 0.2) is 51.2 Å². The Morgan fingerprint density at radius 1 is 1.09 bits per heavy atom. The number of carbonyl (C=O) groups excluding carboxylic acids is 2. The molecule has 1 atom stereocenters. The summed E-state index contributed by atoms with van der Waals surface area (Å²) in [6.45, 7) is -0.480. The van der Waals surface area contributed by atoms with Crippen molar-refractivity contribution in [2.75, 3.05) is 6.54 Å². The Bertz CT molecular complexity index is 1110. The molecule has 2 aliphatic carbocycles. The van der Waals surface area contributed by atoms with Crippen LogP contribution >= 0.6 is 0 Å². The van der Waals surface area contributed by atoms with Crippen LogP contribution in [0.2, 0.25) is 0 Å². The van der Waals surface area contributed by atoms with Gasteiger partial charge >= 0.3 is 5.97 Å². The Hall–Kier alpha value is -3.55. The zero-order valence-electron chi connectivity index (χ0n) is 17.5. The van der Waals surface area contributed by atoms with Gasteiger partial charge in [0.15, 0.2) is 11.6 Å². The fourth-order valence-electron chi connectivity index (χ4n) is 4.41. The SMILES string of the molecule is O=C(O)CN=C1CC(c2ccccc2)CC(=O)/C1=C(/O)CCc1noc2c1C(=O)CCC2. The molecule has 8 heteroatoms. The summed E-state index contributed by atoms with van der Waals surface area (Å²) in [4.78, 5) is 40.4. The zero-order valence-corrected chi connectivity index (χ0v) is 17.5. The van der Waals surface area contributed by atoms with Gasteiger partial charge in [-0.05, 0) is 24.3 Å². The summed E-state index contributed by atoms with van der Waals surface area (Å²) in [5.74, 6) is -1.12. The normalized spacial score (nSPS) is 21.5. The summed E-state index contributed by atoms with van der Waals surface area (Å²) in [7, 11) is 0. The molecule has 1 fully saturated rings. The van der Waals surface area contributed by atoms with E-state index in [0.717, 1.165) is 12.0 Å².